The zero-order valence-electron chi connectivity index (χ0n) is 24.1. The van der Waals surface area contributed by atoms with E-state index in [1.54, 1.807) is 30.5 Å². The van der Waals surface area contributed by atoms with Gasteiger partial charge in [0.05, 0.1) is 11.4 Å². The summed E-state index contributed by atoms with van der Waals surface area (Å²) < 4.78 is 35.5. The number of thioether (sulfide) groups is 1. The van der Waals surface area contributed by atoms with Gasteiger partial charge in [-0.3, -0.25) is 14.2 Å². The van der Waals surface area contributed by atoms with Gasteiger partial charge in [0, 0.05) is 56.2 Å². The fraction of sp³-hybridized carbons (Fsp3) is 0.267. The molecule has 2 aromatic heterocycles. The molecule has 0 aliphatic heterocycles. The van der Waals surface area contributed by atoms with E-state index in [1.165, 1.54) is 18.7 Å². The maximum Gasteiger partial charge on any atom is 0.255 e. The largest absolute Gasteiger partial charge is 0.361 e. The number of nitrogens with zero attached hydrogens (tertiary/aromatic N) is 3. The van der Waals surface area contributed by atoms with Gasteiger partial charge in [0.25, 0.3) is 5.91 Å². The topological polar surface area (TPSA) is 98.1 Å². The van der Waals surface area contributed by atoms with E-state index in [9.17, 15) is 18.4 Å². The summed E-state index contributed by atoms with van der Waals surface area (Å²) in [5.74, 6) is -2.17. The Bertz CT molecular complexity index is 1590. The summed E-state index contributed by atoms with van der Waals surface area (Å²) in [6.45, 7) is 9.18. The Kier molecular flexibility index (Phi) is 9.92. The number of aromatic nitrogens is 3. The van der Waals surface area contributed by atoms with Gasteiger partial charge in [-0.1, -0.05) is 43.5 Å². The van der Waals surface area contributed by atoms with Gasteiger partial charge in [-0.15, -0.1) is 0 Å². The summed E-state index contributed by atoms with van der Waals surface area (Å²) in [7, 11) is -1.30. The number of carbonyl (C=O) groups is 2. The van der Waals surface area contributed by atoms with Crippen molar-refractivity contribution in [3.8, 4) is 22.5 Å². The van der Waals surface area contributed by atoms with Crippen molar-refractivity contribution in [2.45, 2.75) is 44.5 Å². The maximum absolute atomic E-state index is 13.7. The molecule has 0 saturated heterocycles. The number of benzene rings is 2. The van der Waals surface area contributed by atoms with Gasteiger partial charge in [-0.2, -0.15) is 0 Å². The lowest BCUT2D eigenvalue weighted by Gasteiger charge is -2.17. The molecule has 0 atom stereocenters. The predicted octanol–water partition coefficient (Wildman–Crippen LogP) is 7.14. The molecular weight excluding hydrogens is 577 g/mol. The molecule has 2 heterocycles. The second-order valence-electron chi connectivity index (χ2n) is 10.9. The maximum atomic E-state index is 13.7. The molecule has 2 amide bonds. The predicted molar refractivity (Wildman–Crippen MR) is 165 cm³/mol. The normalized spacial score (nSPS) is 11.4. The first kappa shape index (κ1) is 31.1. The van der Waals surface area contributed by atoms with Crippen molar-refractivity contribution in [2.75, 3.05) is 23.5 Å². The Hall–Kier alpha value is -3.87. The first-order chi connectivity index (χ1) is 19.9. The Labute approximate surface area is 248 Å². The van der Waals surface area contributed by atoms with Gasteiger partial charge in [-0.05, 0) is 48.7 Å². The van der Waals surface area contributed by atoms with Crippen LogP contribution < -0.4 is 10.6 Å². The van der Waals surface area contributed by atoms with Gasteiger partial charge < -0.3 is 15.4 Å². The molecule has 0 bridgehead atoms. The Morgan fingerprint density at radius 1 is 1.00 bits per heavy atom. The number of ether oxygens (including phenoxy) is 1. The van der Waals surface area contributed by atoms with Gasteiger partial charge in [0.15, 0.2) is 5.16 Å². The average Bonchev–Trinajstić information content (AvgIpc) is 3.28. The van der Waals surface area contributed by atoms with Crippen LogP contribution in [0.15, 0.2) is 66.0 Å². The summed E-state index contributed by atoms with van der Waals surface area (Å²) in [6.07, 6.45) is 3.54. The molecule has 12 heteroatoms. The molecule has 42 heavy (non-hydrogen) atoms. The number of nitrogens with one attached hydrogen (secondary N) is 2. The molecule has 2 aromatic carbocycles. The van der Waals surface area contributed by atoms with Crippen molar-refractivity contribution in [1.82, 2.24) is 14.5 Å². The highest BCUT2D eigenvalue weighted by atomic mass is 32.2. The highest BCUT2D eigenvalue weighted by Gasteiger charge is 2.22. The van der Waals surface area contributed by atoms with Gasteiger partial charge in [-0.25, -0.2) is 18.7 Å². The summed E-state index contributed by atoms with van der Waals surface area (Å²) >= 11 is 1.47. The molecule has 4 rings (SSSR count). The third-order valence-corrected chi connectivity index (χ3v) is 8.57. The fourth-order valence-electron chi connectivity index (χ4n) is 4.20. The minimum absolute atomic E-state index is 0.134. The van der Waals surface area contributed by atoms with Crippen molar-refractivity contribution in [1.29, 1.82) is 0 Å². The smallest absolute Gasteiger partial charge is 0.255 e. The van der Waals surface area contributed by atoms with E-state index in [-0.39, 0.29) is 18.2 Å². The number of imidazole rings is 1. The minimum atomic E-state index is -1.30. The highest BCUT2D eigenvalue weighted by Crippen LogP contribution is 2.37. The first-order valence-corrected chi connectivity index (χ1v) is 18.2. The molecule has 0 aliphatic carbocycles. The Morgan fingerprint density at radius 2 is 1.74 bits per heavy atom. The van der Waals surface area contributed by atoms with E-state index in [1.807, 2.05) is 23.0 Å². The SMILES string of the molecule is CSc1nc(-c2cccc(NC(=O)c3cc(F)cc(F)c3)c2)c(-c2ccnc(NC(C)=O)c2)n1COCC[Si](C)(C)C. The van der Waals surface area contributed by atoms with Crippen LogP contribution in [-0.2, 0) is 16.3 Å². The summed E-state index contributed by atoms with van der Waals surface area (Å²) in [6, 6.07) is 14.3. The van der Waals surface area contributed by atoms with Crippen LogP contribution in [0, 0.1) is 11.6 Å². The van der Waals surface area contributed by atoms with E-state index >= 15 is 0 Å². The fourth-order valence-corrected chi connectivity index (χ4v) is 5.50. The van der Waals surface area contributed by atoms with E-state index < -0.39 is 25.6 Å². The molecule has 0 unspecified atom stereocenters. The van der Waals surface area contributed by atoms with Crippen LogP contribution in [0.1, 0.15) is 17.3 Å². The van der Waals surface area contributed by atoms with Crippen molar-refractivity contribution >= 4 is 43.2 Å². The first-order valence-electron chi connectivity index (χ1n) is 13.3. The Morgan fingerprint density at radius 3 is 2.40 bits per heavy atom. The standard InChI is InChI=1S/C30H33F2N5O3SSi/c1-19(38)34-26-16-21(9-10-33-26)28-27(36-30(41-2)37(28)18-40-11-12-42(3,4)5)20-7-6-8-25(15-20)35-29(39)22-13-23(31)17-24(32)14-22/h6-10,13-17H,11-12,18H2,1-5H3,(H,35,39)(H,33,34,38). The van der Waals surface area contributed by atoms with Crippen molar-refractivity contribution in [3.63, 3.8) is 0 Å². The highest BCUT2D eigenvalue weighted by molar-refractivity contribution is 7.98. The van der Waals surface area contributed by atoms with E-state index in [0.29, 0.717) is 35.4 Å². The molecule has 0 spiro atoms. The summed E-state index contributed by atoms with van der Waals surface area (Å²) in [5.41, 5.74) is 3.12. The lowest BCUT2D eigenvalue weighted by Crippen LogP contribution is -2.22. The van der Waals surface area contributed by atoms with Gasteiger partial charge in [0.2, 0.25) is 5.91 Å². The van der Waals surface area contributed by atoms with Crippen LogP contribution in [0.2, 0.25) is 25.7 Å². The van der Waals surface area contributed by atoms with Crippen LogP contribution in [0.4, 0.5) is 20.3 Å². The number of hydrogen-bond acceptors (Lipinski definition) is 6. The average molecular weight is 610 g/mol. The molecule has 4 aromatic rings. The zero-order chi connectivity index (χ0) is 30.4. The molecule has 0 radical (unpaired) electrons. The van der Waals surface area contributed by atoms with Crippen molar-refractivity contribution in [2.24, 2.45) is 0 Å². The van der Waals surface area contributed by atoms with Crippen LogP contribution in [0.5, 0.6) is 0 Å². The van der Waals surface area contributed by atoms with Crippen LogP contribution in [-0.4, -0.2) is 47.3 Å². The quantitative estimate of drug-likeness (QED) is 0.107. The van der Waals surface area contributed by atoms with Crippen LogP contribution in [0.3, 0.4) is 0 Å². The number of anilines is 2. The molecule has 220 valence electrons. The third kappa shape index (κ3) is 8.11. The van der Waals surface area contributed by atoms with Crippen LogP contribution in [0.25, 0.3) is 22.5 Å². The lowest BCUT2D eigenvalue weighted by molar-refractivity contribution is -0.114. The van der Waals surface area contributed by atoms with Gasteiger partial charge >= 0.3 is 0 Å². The second-order valence-corrected chi connectivity index (χ2v) is 17.3. The Balaban J connectivity index is 1.75. The summed E-state index contributed by atoms with van der Waals surface area (Å²) in [4.78, 5) is 33.7. The zero-order valence-corrected chi connectivity index (χ0v) is 25.9. The van der Waals surface area contributed by atoms with Crippen LogP contribution >= 0.6 is 11.8 Å². The molecule has 2 N–H and O–H groups in total. The molecular formula is C30H33F2N5O3SSi. The number of halogens is 2. The van der Waals surface area contributed by atoms with E-state index in [0.717, 1.165) is 34.6 Å². The van der Waals surface area contributed by atoms with Crippen molar-refractivity contribution in [3.05, 3.63) is 78.0 Å². The monoisotopic (exact) mass is 609 g/mol. The number of carbonyl (C=O) groups excluding carboxylic acids is 2. The number of rotatable bonds is 11. The molecule has 0 aliphatic rings. The minimum Gasteiger partial charge on any atom is -0.361 e. The molecule has 0 saturated carbocycles. The molecule has 8 nitrogen and oxygen atoms in total. The van der Waals surface area contributed by atoms with E-state index in [4.69, 9.17) is 9.72 Å². The number of pyridine rings is 1. The third-order valence-electron chi connectivity index (χ3n) is 6.19. The number of hydrogen-bond donors (Lipinski definition) is 2. The summed E-state index contributed by atoms with van der Waals surface area (Å²) in [5, 5.41) is 6.16. The van der Waals surface area contributed by atoms with Gasteiger partial charge in [0.1, 0.15) is 24.2 Å². The number of amides is 2. The second kappa shape index (κ2) is 13.4. The molecule has 0 fully saturated rings. The van der Waals surface area contributed by atoms with E-state index in [2.05, 4.69) is 35.3 Å². The lowest BCUT2D eigenvalue weighted by atomic mass is 10.0. The van der Waals surface area contributed by atoms with Crippen molar-refractivity contribution < 1.29 is 23.1 Å².